The molecule has 1 nitrogen and oxygen atoms in total. The predicted molar refractivity (Wildman–Crippen MR) is 60.2 cm³/mol. The molecular formula is C11H17NS. The third-order valence-electron chi connectivity index (χ3n) is 2.20. The molecule has 0 aliphatic carbocycles. The largest absolute Gasteiger partial charge is 0.327 e. The highest BCUT2D eigenvalue weighted by Gasteiger charge is 2.04. The van der Waals surface area contributed by atoms with Gasteiger partial charge in [-0.15, -0.1) is 11.8 Å². The fourth-order valence-corrected chi connectivity index (χ4v) is 1.93. The summed E-state index contributed by atoms with van der Waals surface area (Å²) in [6.07, 6.45) is 4.15. The molecule has 0 radical (unpaired) electrons. The Morgan fingerprint density at radius 3 is 2.69 bits per heavy atom. The van der Waals surface area contributed by atoms with Crippen molar-refractivity contribution in [2.75, 3.05) is 6.26 Å². The van der Waals surface area contributed by atoms with Gasteiger partial charge in [-0.3, -0.25) is 0 Å². The summed E-state index contributed by atoms with van der Waals surface area (Å²) in [5.41, 5.74) is 7.30. The molecule has 1 aromatic rings. The van der Waals surface area contributed by atoms with Gasteiger partial charge in [0.15, 0.2) is 0 Å². The van der Waals surface area contributed by atoms with Crippen LogP contribution in [0.3, 0.4) is 0 Å². The van der Waals surface area contributed by atoms with Gasteiger partial charge in [0.05, 0.1) is 0 Å². The molecule has 1 aromatic carbocycles. The van der Waals surface area contributed by atoms with Crippen LogP contribution in [-0.2, 0) is 6.42 Å². The second-order valence-corrected chi connectivity index (χ2v) is 4.03. The molecule has 0 aliphatic heterocycles. The summed E-state index contributed by atoms with van der Waals surface area (Å²) < 4.78 is 0. The maximum atomic E-state index is 5.92. The summed E-state index contributed by atoms with van der Waals surface area (Å²) >= 11 is 1.79. The SMILES string of the molecule is CCC(N)Cc1ccccc1SC. The van der Waals surface area contributed by atoms with Crippen LogP contribution in [0.15, 0.2) is 29.2 Å². The van der Waals surface area contributed by atoms with Gasteiger partial charge in [0, 0.05) is 10.9 Å². The van der Waals surface area contributed by atoms with E-state index in [0.29, 0.717) is 6.04 Å². The number of rotatable bonds is 4. The molecule has 2 heteroatoms. The monoisotopic (exact) mass is 195 g/mol. The van der Waals surface area contributed by atoms with Crippen molar-refractivity contribution in [3.63, 3.8) is 0 Å². The van der Waals surface area contributed by atoms with Gasteiger partial charge in [0.1, 0.15) is 0 Å². The van der Waals surface area contributed by atoms with Crippen LogP contribution < -0.4 is 5.73 Å². The van der Waals surface area contributed by atoms with Gasteiger partial charge in [0.25, 0.3) is 0 Å². The summed E-state index contributed by atoms with van der Waals surface area (Å²) in [6, 6.07) is 8.78. The van der Waals surface area contributed by atoms with Gasteiger partial charge in [0.2, 0.25) is 0 Å². The highest BCUT2D eigenvalue weighted by Crippen LogP contribution is 2.21. The van der Waals surface area contributed by atoms with Crippen LogP contribution in [0, 0.1) is 0 Å². The van der Waals surface area contributed by atoms with E-state index in [-0.39, 0.29) is 0 Å². The van der Waals surface area contributed by atoms with Crippen LogP contribution in [-0.4, -0.2) is 12.3 Å². The second-order valence-electron chi connectivity index (χ2n) is 3.18. The minimum Gasteiger partial charge on any atom is -0.327 e. The summed E-state index contributed by atoms with van der Waals surface area (Å²) in [6.45, 7) is 2.13. The van der Waals surface area contributed by atoms with E-state index in [0.717, 1.165) is 12.8 Å². The molecule has 0 fully saturated rings. The molecule has 0 aliphatic rings. The van der Waals surface area contributed by atoms with Crippen molar-refractivity contribution in [2.45, 2.75) is 30.7 Å². The first kappa shape index (κ1) is 10.6. The lowest BCUT2D eigenvalue weighted by Crippen LogP contribution is -2.21. The quantitative estimate of drug-likeness (QED) is 0.748. The summed E-state index contributed by atoms with van der Waals surface area (Å²) in [7, 11) is 0. The van der Waals surface area contributed by atoms with Crippen LogP contribution in [0.1, 0.15) is 18.9 Å². The van der Waals surface area contributed by atoms with Crippen LogP contribution in [0.2, 0.25) is 0 Å². The zero-order valence-electron chi connectivity index (χ0n) is 8.29. The lowest BCUT2D eigenvalue weighted by Gasteiger charge is -2.11. The highest BCUT2D eigenvalue weighted by atomic mass is 32.2. The molecule has 0 spiro atoms. The van der Waals surface area contributed by atoms with Crippen LogP contribution >= 0.6 is 11.8 Å². The molecule has 2 N–H and O–H groups in total. The molecule has 0 saturated heterocycles. The molecule has 13 heavy (non-hydrogen) atoms. The molecule has 1 atom stereocenters. The summed E-state index contributed by atoms with van der Waals surface area (Å²) in [5.74, 6) is 0. The topological polar surface area (TPSA) is 26.0 Å². The van der Waals surface area contributed by atoms with Gasteiger partial charge in [-0.1, -0.05) is 25.1 Å². The van der Waals surface area contributed by atoms with E-state index in [4.69, 9.17) is 5.73 Å². The molecule has 0 bridgehead atoms. The van der Waals surface area contributed by atoms with E-state index in [1.807, 2.05) is 0 Å². The van der Waals surface area contributed by atoms with Crippen molar-refractivity contribution in [2.24, 2.45) is 5.73 Å². The fraction of sp³-hybridized carbons (Fsp3) is 0.455. The maximum absolute atomic E-state index is 5.92. The lowest BCUT2D eigenvalue weighted by molar-refractivity contribution is 0.641. The van der Waals surface area contributed by atoms with Gasteiger partial charge < -0.3 is 5.73 Å². The highest BCUT2D eigenvalue weighted by molar-refractivity contribution is 7.98. The van der Waals surface area contributed by atoms with E-state index in [9.17, 15) is 0 Å². The summed E-state index contributed by atoms with van der Waals surface area (Å²) in [4.78, 5) is 1.35. The van der Waals surface area contributed by atoms with Gasteiger partial charge in [-0.25, -0.2) is 0 Å². The Labute approximate surface area is 84.7 Å². The minimum atomic E-state index is 0.299. The first-order chi connectivity index (χ1) is 6.27. The number of thioether (sulfide) groups is 1. The predicted octanol–water partition coefficient (Wildman–Crippen LogP) is 2.69. The Kier molecular flexibility index (Phi) is 4.33. The molecule has 0 heterocycles. The molecular weight excluding hydrogens is 178 g/mol. The van der Waals surface area contributed by atoms with Crippen molar-refractivity contribution in [3.8, 4) is 0 Å². The van der Waals surface area contributed by atoms with Crippen molar-refractivity contribution in [1.82, 2.24) is 0 Å². The molecule has 1 unspecified atom stereocenters. The van der Waals surface area contributed by atoms with Crippen molar-refractivity contribution in [1.29, 1.82) is 0 Å². The standard InChI is InChI=1S/C11H17NS/c1-3-10(12)8-9-6-4-5-7-11(9)13-2/h4-7,10H,3,8,12H2,1-2H3. The van der Waals surface area contributed by atoms with Crippen LogP contribution in [0.5, 0.6) is 0 Å². The van der Waals surface area contributed by atoms with Gasteiger partial charge in [-0.2, -0.15) is 0 Å². The normalized spacial score (nSPS) is 12.8. The smallest absolute Gasteiger partial charge is 0.0102 e. The van der Waals surface area contributed by atoms with Crippen LogP contribution in [0.25, 0.3) is 0 Å². The number of hydrogen-bond acceptors (Lipinski definition) is 2. The Morgan fingerprint density at radius 1 is 1.38 bits per heavy atom. The fourth-order valence-electron chi connectivity index (χ4n) is 1.30. The lowest BCUT2D eigenvalue weighted by atomic mass is 10.1. The minimum absolute atomic E-state index is 0.299. The average molecular weight is 195 g/mol. The number of hydrogen-bond donors (Lipinski definition) is 1. The van der Waals surface area contributed by atoms with E-state index in [2.05, 4.69) is 37.4 Å². The van der Waals surface area contributed by atoms with E-state index in [1.165, 1.54) is 10.5 Å². The zero-order chi connectivity index (χ0) is 9.68. The third-order valence-corrected chi connectivity index (χ3v) is 3.04. The Morgan fingerprint density at radius 2 is 2.08 bits per heavy atom. The van der Waals surface area contributed by atoms with Crippen LogP contribution in [0.4, 0.5) is 0 Å². The third kappa shape index (κ3) is 3.05. The van der Waals surface area contributed by atoms with Gasteiger partial charge >= 0.3 is 0 Å². The van der Waals surface area contributed by atoms with Gasteiger partial charge in [-0.05, 0) is 30.7 Å². The number of benzene rings is 1. The first-order valence-corrected chi connectivity index (χ1v) is 5.87. The molecule has 72 valence electrons. The van der Waals surface area contributed by atoms with E-state index >= 15 is 0 Å². The maximum Gasteiger partial charge on any atom is 0.0102 e. The molecule has 0 aromatic heterocycles. The Balaban J connectivity index is 2.74. The molecule has 0 amide bonds. The zero-order valence-corrected chi connectivity index (χ0v) is 9.10. The second kappa shape index (κ2) is 5.30. The molecule has 1 rings (SSSR count). The average Bonchev–Trinajstić information content (AvgIpc) is 2.18. The van der Waals surface area contributed by atoms with E-state index < -0.39 is 0 Å². The summed E-state index contributed by atoms with van der Waals surface area (Å²) in [5, 5.41) is 0. The first-order valence-electron chi connectivity index (χ1n) is 4.65. The Hall–Kier alpha value is -0.470. The van der Waals surface area contributed by atoms with Crippen molar-refractivity contribution in [3.05, 3.63) is 29.8 Å². The molecule has 0 saturated carbocycles. The van der Waals surface area contributed by atoms with Crippen molar-refractivity contribution >= 4 is 11.8 Å². The number of nitrogens with two attached hydrogens (primary N) is 1. The van der Waals surface area contributed by atoms with E-state index in [1.54, 1.807) is 11.8 Å². The van der Waals surface area contributed by atoms with Crippen molar-refractivity contribution < 1.29 is 0 Å². The Bertz CT molecular complexity index is 260.